The first-order valence-electron chi connectivity index (χ1n) is 22.1. The molecule has 8 bridgehead atoms. The smallest absolute Gasteiger partial charge is 0.457 e. The molecule has 0 spiro atoms. The van der Waals surface area contributed by atoms with Crippen molar-refractivity contribution >= 4 is 89.6 Å². The summed E-state index contributed by atoms with van der Waals surface area (Å²) in [6.07, 6.45) is 0. The van der Waals surface area contributed by atoms with Crippen LogP contribution in [0.3, 0.4) is 0 Å². The van der Waals surface area contributed by atoms with Crippen LogP contribution in [0.5, 0.6) is 46.0 Å². The van der Waals surface area contributed by atoms with Crippen LogP contribution < -0.4 is 50.2 Å². The Labute approximate surface area is 404 Å². The fourth-order valence-corrected chi connectivity index (χ4v) is 8.73. The monoisotopic (exact) mass is 944 g/mol. The van der Waals surface area contributed by atoms with Crippen LogP contribution in [0.4, 0.5) is 46.5 Å². The van der Waals surface area contributed by atoms with Crippen molar-refractivity contribution in [3.63, 3.8) is 0 Å². The van der Waals surface area contributed by atoms with Gasteiger partial charge >= 0.3 is 16.5 Å². The van der Waals surface area contributed by atoms with Gasteiger partial charge in [0.2, 0.25) is 0 Å². The number of hydrogen-bond donors (Lipinski definition) is 6. The minimum atomic E-state index is 0. The predicted octanol–water partition coefficient (Wildman–Crippen LogP) is 15.3. The Hall–Kier alpha value is -9.19. The minimum absolute atomic E-state index is 0. The second kappa shape index (κ2) is 17.2. The second-order valence-electron chi connectivity index (χ2n) is 16.4. The molecule has 1 aliphatic heterocycles. The van der Waals surface area contributed by atoms with Gasteiger partial charge in [0, 0.05) is 44.8 Å². The minimum Gasteiger partial charge on any atom is -0.457 e. The molecule has 0 saturated heterocycles. The number of fused-ring (bicyclic) bond motifs is 20. The fraction of sp³-hybridized carbons (Fsp3) is 0. The molecule has 0 radical (unpaired) electrons. The third kappa shape index (κ3) is 7.92. The quantitative estimate of drug-likeness (QED) is 0.0815. The largest absolute Gasteiger partial charge is 2.00 e. The number of hydrogen-bond acceptors (Lipinski definition) is 8. The topological polar surface area (TPSA) is 145 Å². The Balaban J connectivity index is 0.00000492. The SMILES string of the molecule is [Ni+2].c1ccc(Oc2ccc3c4[n-]c(c3c2)Nc2[nH]c(c3cc(Oc5ccccc5)ccc23)Nc2[n-]c(c3cc(Oc5ccccc5)ccc23)Nc2[nH]c(c3cc(Oc5ccccc5)ccc23)N4)cc1. The van der Waals surface area contributed by atoms with Crippen LogP contribution in [-0.2, 0) is 16.5 Å². The summed E-state index contributed by atoms with van der Waals surface area (Å²) in [5.41, 5.74) is 0. The van der Waals surface area contributed by atoms with Crippen molar-refractivity contribution in [3.05, 3.63) is 194 Å². The van der Waals surface area contributed by atoms with Gasteiger partial charge in [0.05, 0.1) is 23.3 Å². The van der Waals surface area contributed by atoms with Crippen LogP contribution in [0.25, 0.3) is 43.1 Å². The predicted molar refractivity (Wildman–Crippen MR) is 270 cm³/mol. The van der Waals surface area contributed by atoms with Crippen molar-refractivity contribution in [2.75, 3.05) is 21.3 Å². The molecule has 1 aliphatic rings. The molecular weight excluding hydrogens is 907 g/mol. The van der Waals surface area contributed by atoms with Crippen molar-refractivity contribution in [1.82, 2.24) is 19.9 Å². The average Bonchev–Trinajstić information content (AvgIpc) is 4.10. The van der Waals surface area contributed by atoms with Crippen molar-refractivity contribution in [1.29, 1.82) is 0 Å². The van der Waals surface area contributed by atoms with E-state index >= 15 is 0 Å². The molecule has 69 heavy (non-hydrogen) atoms. The maximum absolute atomic E-state index is 6.37. The zero-order valence-electron chi connectivity index (χ0n) is 36.3. The number of nitrogens with zero attached hydrogens (tertiary/aromatic N) is 2. The van der Waals surface area contributed by atoms with Crippen molar-refractivity contribution in [3.8, 4) is 46.0 Å². The number of aromatic nitrogens is 4. The normalized spacial score (nSPS) is 11.8. The van der Waals surface area contributed by atoms with Gasteiger partial charge in [-0.15, -0.1) is 0 Å². The van der Waals surface area contributed by atoms with E-state index in [1.807, 2.05) is 194 Å². The first-order chi connectivity index (χ1) is 33.6. The molecule has 0 aliphatic carbocycles. The summed E-state index contributed by atoms with van der Waals surface area (Å²) < 4.78 is 25.5. The number of ether oxygens (including phenoxy) is 4. The molecule has 0 saturated carbocycles. The van der Waals surface area contributed by atoms with E-state index in [0.717, 1.165) is 66.1 Å². The van der Waals surface area contributed by atoms with E-state index in [4.69, 9.17) is 28.9 Å². The molecule has 8 aromatic carbocycles. The summed E-state index contributed by atoms with van der Waals surface area (Å²) in [7, 11) is 0. The number of H-pyrrole nitrogens is 2. The molecule has 0 atom stereocenters. The van der Waals surface area contributed by atoms with Crippen molar-refractivity contribution < 1.29 is 35.4 Å². The van der Waals surface area contributed by atoms with Crippen LogP contribution in [0.15, 0.2) is 194 Å². The van der Waals surface area contributed by atoms with E-state index < -0.39 is 0 Å². The summed E-state index contributed by atoms with van der Waals surface area (Å²) in [5.74, 6) is 10.9. The van der Waals surface area contributed by atoms with Gasteiger partial charge in [0.25, 0.3) is 0 Å². The Morgan fingerprint density at radius 3 is 0.826 bits per heavy atom. The van der Waals surface area contributed by atoms with Crippen molar-refractivity contribution in [2.24, 2.45) is 0 Å². The first-order valence-corrected chi connectivity index (χ1v) is 22.1. The summed E-state index contributed by atoms with van der Waals surface area (Å²) >= 11 is 0. The molecule has 0 fully saturated rings. The van der Waals surface area contributed by atoms with Crippen LogP contribution in [0.1, 0.15) is 0 Å². The van der Waals surface area contributed by atoms with Gasteiger partial charge in [-0.25, -0.2) is 0 Å². The molecule has 13 heteroatoms. The zero-order valence-corrected chi connectivity index (χ0v) is 37.3. The third-order valence-electron chi connectivity index (χ3n) is 11.9. The summed E-state index contributed by atoms with van der Waals surface area (Å²) in [6, 6.07) is 63.0. The van der Waals surface area contributed by atoms with E-state index in [1.54, 1.807) is 0 Å². The van der Waals surface area contributed by atoms with Crippen LogP contribution in [0, 0.1) is 0 Å². The molecule has 13 rings (SSSR count). The molecule has 12 nitrogen and oxygen atoms in total. The van der Waals surface area contributed by atoms with Gasteiger partial charge in [-0.2, -0.15) is 0 Å². The number of nitrogens with one attached hydrogen (secondary N) is 6. The van der Waals surface area contributed by atoms with Crippen molar-refractivity contribution in [2.45, 2.75) is 0 Å². The Morgan fingerprint density at radius 2 is 0.507 bits per heavy atom. The maximum atomic E-state index is 6.37. The summed E-state index contributed by atoms with van der Waals surface area (Å²) in [6.45, 7) is 0. The van der Waals surface area contributed by atoms with E-state index in [0.29, 0.717) is 69.5 Å². The molecule has 5 heterocycles. The van der Waals surface area contributed by atoms with Gasteiger partial charge in [-0.1, -0.05) is 72.8 Å². The van der Waals surface area contributed by atoms with Gasteiger partial charge in [0.15, 0.2) is 0 Å². The number of para-hydroxylation sites is 4. The first kappa shape index (κ1) is 41.3. The van der Waals surface area contributed by atoms with E-state index in [1.165, 1.54) is 0 Å². The van der Waals surface area contributed by atoms with Gasteiger partial charge in [0.1, 0.15) is 46.0 Å². The van der Waals surface area contributed by atoms with E-state index in [9.17, 15) is 0 Å². The summed E-state index contributed by atoms with van der Waals surface area (Å²) in [5, 5.41) is 21.7. The fourth-order valence-electron chi connectivity index (χ4n) is 8.73. The van der Waals surface area contributed by atoms with Crippen LogP contribution in [-0.4, -0.2) is 9.97 Å². The second-order valence-corrected chi connectivity index (χ2v) is 16.4. The standard InChI is InChI=1S/C56H38N8O4.Ni/c1-5-13-33(14-6-1)65-37-21-25-41-45(29-37)53-57-49(41)62-54-47-31-39(67-35-17-9-3-10-18-35)23-27-43(47)51(59-54)64-56-48-32-40(68-36-19-11-4-12-20-36)24-28-44(48)52(60-56)63-55-46-30-38(66-34-15-7-2-8-16-34)22-26-42(46)50(58-55)61-53;/h1-32,57,60-64H;/q-2;+2. The Kier molecular flexibility index (Phi) is 10.3. The zero-order chi connectivity index (χ0) is 45.0. The third-order valence-corrected chi connectivity index (χ3v) is 11.9. The molecule has 6 N–H and O–H groups in total. The van der Waals surface area contributed by atoms with Crippen LogP contribution in [0.2, 0.25) is 0 Å². The average molecular weight is 946 g/mol. The number of benzene rings is 8. The van der Waals surface area contributed by atoms with E-state index in [-0.39, 0.29) is 16.5 Å². The van der Waals surface area contributed by atoms with Gasteiger partial charge < -0.3 is 60.2 Å². The number of aromatic amines is 2. The summed E-state index contributed by atoms with van der Waals surface area (Å²) in [4.78, 5) is 17.9. The molecule has 0 amide bonds. The number of rotatable bonds is 8. The van der Waals surface area contributed by atoms with E-state index in [2.05, 4.69) is 31.2 Å². The van der Waals surface area contributed by atoms with Crippen LogP contribution >= 0.6 is 0 Å². The Bertz CT molecular complexity index is 3310. The van der Waals surface area contributed by atoms with Gasteiger partial charge in [-0.3, -0.25) is 0 Å². The maximum Gasteiger partial charge on any atom is 2.00 e. The van der Waals surface area contributed by atoms with Gasteiger partial charge in [-0.05, 0) is 143 Å². The molecule has 12 aromatic rings. The Morgan fingerprint density at radius 1 is 0.246 bits per heavy atom. The molecular formula is C56H38N8NiO4. The molecule has 0 unspecified atom stereocenters. The molecule has 336 valence electrons. The molecule has 4 aromatic heterocycles. The number of anilines is 8.